The van der Waals surface area contributed by atoms with Gasteiger partial charge in [-0.1, -0.05) is 198 Å². The molecule has 12 heteroatoms. The summed E-state index contributed by atoms with van der Waals surface area (Å²) in [5.74, 6) is -0.868. The van der Waals surface area contributed by atoms with Gasteiger partial charge in [-0.15, -0.1) is 0 Å². The second-order valence-electron chi connectivity index (χ2n) is 17.2. The molecule has 0 unspecified atom stereocenters. The Balaban J connectivity index is 2.07. The maximum absolute atomic E-state index is 14.1. The number of carbonyl (C=O) groups excluding carboxylic acids is 3. The molecule has 1 aliphatic rings. The first-order valence-corrected chi connectivity index (χ1v) is 24.1. The van der Waals surface area contributed by atoms with E-state index in [0.29, 0.717) is 23.4 Å². The number of aliphatic hydroxyl groups excluding tert-OH is 3. The topological polar surface area (TPSA) is 175 Å². The molecule has 1 aromatic carbocycles. The molecule has 0 aliphatic carbocycles. The van der Waals surface area contributed by atoms with Crippen LogP contribution in [0.25, 0.3) is 0 Å². The molecular weight excluding hydrogens is 761 g/mol. The molecule has 1 saturated heterocycles. The Labute approximate surface area is 363 Å². The van der Waals surface area contributed by atoms with Crippen molar-refractivity contribution in [1.82, 2.24) is 15.1 Å². The van der Waals surface area contributed by atoms with Crippen LogP contribution in [0.15, 0.2) is 30.3 Å². The zero-order valence-electron chi connectivity index (χ0n) is 37.9. The summed E-state index contributed by atoms with van der Waals surface area (Å²) in [5, 5.41) is 35.9. The van der Waals surface area contributed by atoms with Gasteiger partial charge in [-0.3, -0.25) is 9.69 Å². The number of rotatable bonds is 34. The van der Waals surface area contributed by atoms with Crippen LogP contribution < -0.4 is 11.1 Å². The number of nitrogens with one attached hydrogen (secondary N) is 1. The molecule has 1 aromatic rings. The Hall–Kier alpha value is -2.77. The van der Waals surface area contributed by atoms with E-state index in [-0.39, 0.29) is 13.2 Å². The number of ether oxygens (including phenoxy) is 2. The van der Waals surface area contributed by atoms with Gasteiger partial charge in [0, 0.05) is 13.1 Å². The van der Waals surface area contributed by atoms with E-state index in [1.165, 1.54) is 127 Å². The van der Waals surface area contributed by atoms with Crippen molar-refractivity contribution in [2.45, 2.75) is 231 Å². The van der Waals surface area contributed by atoms with Crippen molar-refractivity contribution in [3.63, 3.8) is 0 Å². The van der Waals surface area contributed by atoms with Crippen LogP contribution in [0.2, 0.25) is 0 Å². The van der Waals surface area contributed by atoms with Crippen molar-refractivity contribution < 1.29 is 39.2 Å². The van der Waals surface area contributed by atoms with Crippen LogP contribution >= 0.6 is 0 Å². The third-order valence-electron chi connectivity index (χ3n) is 11.8. The van der Waals surface area contributed by atoms with E-state index >= 15 is 0 Å². The number of nitrogens with two attached hydrogens (primary N) is 1. The average molecular weight is 847 g/mol. The van der Waals surface area contributed by atoms with Crippen LogP contribution in [0, 0.1) is 0 Å². The number of unbranched alkanes of at least 4 members (excludes halogenated alkanes) is 24. The van der Waals surface area contributed by atoms with Gasteiger partial charge in [-0.25, -0.2) is 14.5 Å². The second kappa shape index (κ2) is 33.8. The van der Waals surface area contributed by atoms with Gasteiger partial charge in [0.1, 0.15) is 31.0 Å². The van der Waals surface area contributed by atoms with Crippen LogP contribution in [-0.2, 0) is 20.9 Å². The van der Waals surface area contributed by atoms with Gasteiger partial charge in [0.15, 0.2) is 6.23 Å². The highest BCUT2D eigenvalue weighted by molar-refractivity contribution is 5.95. The van der Waals surface area contributed by atoms with Gasteiger partial charge < -0.3 is 35.8 Å². The minimum atomic E-state index is -1.78. The molecule has 6 N–H and O–H groups in total. The van der Waals surface area contributed by atoms with Gasteiger partial charge in [-0.2, -0.15) is 0 Å². The Kier molecular flexibility index (Phi) is 30.1. The number of benzene rings is 1. The molecule has 1 fully saturated rings. The third-order valence-corrected chi connectivity index (χ3v) is 11.8. The Bertz CT molecular complexity index is 1240. The number of carbonyl (C=O) groups is 3. The smallest absolute Gasteiger partial charge is 0.417 e. The average Bonchev–Trinajstić information content (AvgIpc) is 3.25. The Morgan fingerprint density at radius 2 is 1.15 bits per heavy atom. The van der Waals surface area contributed by atoms with E-state index in [1.54, 1.807) is 24.3 Å². The molecular formula is C48H86N4O8. The molecule has 0 aromatic heterocycles. The molecule has 346 valence electrons. The lowest BCUT2D eigenvalue weighted by Crippen LogP contribution is -2.71. The molecule has 1 aliphatic heterocycles. The third kappa shape index (κ3) is 21.3. The largest absolute Gasteiger partial charge is 0.444 e. The molecule has 1 heterocycles. The van der Waals surface area contributed by atoms with Crippen LogP contribution in [0.4, 0.5) is 9.59 Å². The van der Waals surface area contributed by atoms with E-state index in [2.05, 4.69) is 19.2 Å². The predicted octanol–water partition coefficient (Wildman–Crippen LogP) is 9.50. The Morgan fingerprint density at radius 1 is 0.700 bits per heavy atom. The van der Waals surface area contributed by atoms with E-state index < -0.39 is 61.3 Å². The van der Waals surface area contributed by atoms with Gasteiger partial charge >= 0.3 is 12.1 Å². The van der Waals surface area contributed by atoms with Crippen LogP contribution in [0.3, 0.4) is 0 Å². The molecule has 6 atom stereocenters. The van der Waals surface area contributed by atoms with E-state index in [4.69, 9.17) is 15.2 Å². The second-order valence-corrected chi connectivity index (χ2v) is 17.2. The van der Waals surface area contributed by atoms with Gasteiger partial charge in [-0.05, 0) is 25.3 Å². The fourth-order valence-electron chi connectivity index (χ4n) is 8.07. The summed E-state index contributed by atoms with van der Waals surface area (Å²) < 4.78 is 11.7. The fraction of sp³-hybridized carbons (Fsp3) is 0.812. The van der Waals surface area contributed by atoms with Crippen LogP contribution in [0.1, 0.15) is 193 Å². The molecule has 0 spiro atoms. The first-order chi connectivity index (χ1) is 29.2. The number of hydrogen-bond donors (Lipinski definition) is 5. The first-order valence-electron chi connectivity index (χ1n) is 24.1. The zero-order chi connectivity index (χ0) is 43.8. The van der Waals surface area contributed by atoms with Crippen molar-refractivity contribution in [3.8, 4) is 0 Å². The molecule has 4 amide bonds. The van der Waals surface area contributed by atoms with Gasteiger partial charge in [0.05, 0.1) is 12.6 Å². The fourth-order valence-corrected chi connectivity index (χ4v) is 8.07. The SMILES string of the molecule is CCCCCCCCCCCCCCCCCCNC(=O)N(CCCCCCCCCCCC)[C@@H]1O[C@H](CO)[C@@H](O)[C@H](O)[C@H]1N(C(=O)OCc1ccccc1)C(=O)[C@H](C)N. The summed E-state index contributed by atoms with van der Waals surface area (Å²) in [7, 11) is 0. The lowest BCUT2D eigenvalue weighted by atomic mass is 9.93. The quantitative estimate of drug-likeness (QED) is 0.0423. The van der Waals surface area contributed by atoms with Crippen molar-refractivity contribution in [2.75, 3.05) is 19.7 Å². The normalized spacial score (nSPS) is 19.5. The summed E-state index contributed by atoms with van der Waals surface area (Å²) in [6, 6.07) is 5.69. The molecule has 0 saturated carbocycles. The van der Waals surface area contributed by atoms with E-state index in [9.17, 15) is 29.7 Å². The summed E-state index contributed by atoms with van der Waals surface area (Å²) in [6.07, 6.45) is 23.6. The Morgan fingerprint density at radius 3 is 1.60 bits per heavy atom. The maximum atomic E-state index is 14.1. The molecule has 2 rings (SSSR count). The number of aliphatic hydroxyl groups is 3. The first kappa shape index (κ1) is 53.4. The predicted molar refractivity (Wildman–Crippen MR) is 240 cm³/mol. The van der Waals surface area contributed by atoms with Gasteiger partial charge in [0.25, 0.3) is 0 Å². The van der Waals surface area contributed by atoms with Gasteiger partial charge in [0.2, 0.25) is 5.91 Å². The number of nitrogens with zero attached hydrogens (tertiary/aromatic N) is 2. The highest BCUT2D eigenvalue weighted by atomic mass is 16.6. The van der Waals surface area contributed by atoms with Crippen LogP contribution in [-0.4, -0.2) is 99.5 Å². The summed E-state index contributed by atoms with van der Waals surface area (Å²) >= 11 is 0. The molecule has 0 radical (unpaired) electrons. The highest BCUT2D eigenvalue weighted by Gasteiger charge is 2.53. The molecule has 0 bridgehead atoms. The van der Waals surface area contributed by atoms with Crippen molar-refractivity contribution >= 4 is 18.0 Å². The zero-order valence-corrected chi connectivity index (χ0v) is 37.9. The number of imide groups is 1. The highest BCUT2D eigenvalue weighted by Crippen LogP contribution is 2.30. The van der Waals surface area contributed by atoms with Crippen molar-refractivity contribution in [1.29, 1.82) is 0 Å². The standard InChI is InChI=1S/C48H86N4O8/c1-4-6-8-10-12-14-16-17-18-19-20-21-22-24-26-31-35-50-47(57)51(36-32-27-25-23-15-13-11-9-7-5-2)46-42(44(55)43(54)41(37-53)60-46)52(45(56)39(3)49)48(58)59-38-40-33-29-28-30-34-40/h28-30,33-34,39,41-44,46,53-55H,4-27,31-32,35-38,49H2,1-3H3,(H,50,57)/t39-,41+,42+,43+,44+,46+/m0/s1. The lowest BCUT2D eigenvalue weighted by molar-refractivity contribution is -0.238. The number of hydrogen-bond acceptors (Lipinski definition) is 9. The summed E-state index contributed by atoms with van der Waals surface area (Å²) in [6.45, 7) is 5.67. The van der Waals surface area contributed by atoms with Crippen molar-refractivity contribution in [2.24, 2.45) is 5.73 Å². The lowest BCUT2D eigenvalue weighted by Gasteiger charge is -2.49. The van der Waals surface area contributed by atoms with Crippen LogP contribution in [0.5, 0.6) is 0 Å². The number of urea groups is 1. The minimum Gasteiger partial charge on any atom is -0.444 e. The molecule has 12 nitrogen and oxygen atoms in total. The molecule has 60 heavy (non-hydrogen) atoms. The van der Waals surface area contributed by atoms with Crippen molar-refractivity contribution in [3.05, 3.63) is 35.9 Å². The summed E-state index contributed by atoms with van der Waals surface area (Å²) in [5.41, 5.74) is 6.71. The van der Waals surface area contributed by atoms with E-state index in [0.717, 1.165) is 44.9 Å². The monoisotopic (exact) mass is 847 g/mol. The maximum Gasteiger partial charge on any atom is 0.417 e. The number of amides is 4. The van der Waals surface area contributed by atoms with E-state index in [1.807, 2.05) is 6.07 Å². The summed E-state index contributed by atoms with van der Waals surface area (Å²) in [4.78, 5) is 43.7. The minimum absolute atomic E-state index is 0.166.